The molecule has 0 unspecified atom stereocenters. The van der Waals surface area contributed by atoms with Crippen molar-refractivity contribution in [1.82, 2.24) is 5.43 Å². The highest BCUT2D eigenvalue weighted by molar-refractivity contribution is 14.1. The van der Waals surface area contributed by atoms with Gasteiger partial charge >= 0.3 is 0 Å². The van der Waals surface area contributed by atoms with Crippen LogP contribution in [0, 0.1) is 3.57 Å². The molecule has 4 heteroatoms. The highest BCUT2D eigenvalue weighted by atomic mass is 127. The SMILES string of the molecule is CCCCC/C(C)=N/NC(=O)c1ccccc1I. The fourth-order valence-electron chi connectivity index (χ4n) is 1.54. The number of hydrazone groups is 1. The van der Waals surface area contributed by atoms with Gasteiger partial charge < -0.3 is 0 Å². The zero-order valence-electron chi connectivity index (χ0n) is 10.9. The summed E-state index contributed by atoms with van der Waals surface area (Å²) in [5, 5.41) is 4.13. The van der Waals surface area contributed by atoms with Crippen LogP contribution in [0.3, 0.4) is 0 Å². The Bertz CT molecular complexity index is 430. The van der Waals surface area contributed by atoms with Gasteiger partial charge in [0, 0.05) is 9.28 Å². The Hall–Kier alpha value is -0.910. The van der Waals surface area contributed by atoms with Crippen molar-refractivity contribution in [3.05, 3.63) is 33.4 Å². The molecule has 18 heavy (non-hydrogen) atoms. The standard InChI is InChI=1S/C14H19IN2O/c1-3-4-5-8-11(2)16-17-14(18)12-9-6-7-10-13(12)15/h6-7,9-10H,3-5,8H2,1-2H3,(H,17,18)/b16-11+. The predicted molar refractivity (Wildman–Crippen MR) is 83.9 cm³/mol. The van der Waals surface area contributed by atoms with E-state index in [4.69, 9.17) is 0 Å². The van der Waals surface area contributed by atoms with Crippen LogP contribution in [0.4, 0.5) is 0 Å². The lowest BCUT2D eigenvalue weighted by atomic mass is 10.1. The maximum absolute atomic E-state index is 11.9. The molecule has 0 radical (unpaired) electrons. The molecule has 0 aliphatic rings. The number of unbranched alkanes of at least 4 members (excludes halogenated alkanes) is 2. The summed E-state index contributed by atoms with van der Waals surface area (Å²) in [6.45, 7) is 4.12. The number of rotatable bonds is 6. The largest absolute Gasteiger partial charge is 0.272 e. The van der Waals surface area contributed by atoms with Crippen molar-refractivity contribution in [3.8, 4) is 0 Å². The van der Waals surface area contributed by atoms with Gasteiger partial charge in [0.05, 0.1) is 5.56 Å². The third kappa shape index (κ3) is 5.16. The van der Waals surface area contributed by atoms with Crippen LogP contribution in [0.15, 0.2) is 29.4 Å². The fourth-order valence-corrected chi connectivity index (χ4v) is 2.17. The molecule has 0 aliphatic heterocycles. The van der Waals surface area contributed by atoms with Crippen LogP contribution in [0.25, 0.3) is 0 Å². The summed E-state index contributed by atoms with van der Waals surface area (Å²) in [5.41, 5.74) is 4.26. The molecule has 98 valence electrons. The third-order valence-electron chi connectivity index (χ3n) is 2.61. The van der Waals surface area contributed by atoms with Crippen molar-refractivity contribution in [3.63, 3.8) is 0 Å². The summed E-state index contributed by atoms with van der Waals surface area (Å²) in [6.07, 6.45) is 4.48. The van der Waals surface area contributed by atoms with Gasteiger partial charge in [-0.05, 0) is 54.5 Å². The van der Waals surface area contributed by atoms with Crippen molar-refractivity contribution in [1.29, 1.82) is 0 Å². The number of nitrogens with one attached hydrogen (secondary N) is 1. The Morgan fingerprint density at radius 3 is 2.72 bits per heavy atom. The van der Waals surface area contributed by atoms with Crippen molar-refractivity contribution in [2.45, 2.75) is 39.5 Å². The van der Waals surface area contributed by atoms with Gasteiger partial charge in [0.1, 0.15) is 0 Å². The lowest BCUT2D eigenvalue weighted by Crippen LogP contribution is -2.20. The number of benzene rings is 1. The summed E-state index contributed by atoms with van der Waals surface area (Å²) >= 11 is 2.15. The average molecular weight is 358 g/mol. The van der Waals surface area contributed by atoms with E-state index in [0.29, 0.717) is 5.56 Å². The highest BCUT2D eigenvalue weighted by Gasteiger charge is 2.07. The summed E-state index contributed by atoms with van der Waals surface area (Å²) < 4.78 is 0.937. The van der Waals surface area contributed by atoms with Gasteiger partial charge in [0.2, 0.25) is 0 Å². The molecule has 0 atom stereocenters. The van der Waals surface area contributed by atoms with E-state index >= 15 is 0 Å². The summed E-state index contributed by atoms with van der Waals surface area (Å²) in [4.78, 5) is 11.9. The molecule has 1 rings (SSSR count). The van der Waals surface area contributed by atoms with E-state index in [2.05, 4.69) is 40.0 Å². The molecule has 0 spiro atoms. The van der Waals surface area contributed by atoms with Gasteiger partial charge in [-0.15, -0.1) is 0 Å². The van der Waals surface area contributed by atoms with E-state index in [1.54, 1.807) is 6.07 Å². The average Bonchev–Trinajstić information content (AvgIpc) is 2.37. The topological polar surface area (TPSA) is 41.5 Å². The second-order valence-corrected chi connectivity index (χ2v) is 5.39. The number of carbonyl (C=O) groups is 1. The van der Waals surface area contributed by atoms with E-state index < -0.39 is 0 Å². The first-order chi connectivity index (χ1) is 8.65. The maximum Gasteiger partial charge on any atom is 0.272 e. The fraction of sp³-hybridized carbons (Fsp3) is 0.429. The Balaban J connectivity index is 2.50. The Labute approximate surface area is 122 Å². The lowest BCUT2D eigenvalue weighted by molar-refractivity contribution is 0.0954. The first-order valence-corrected chi connectivity index (χ1v) is 7.31. The van der Waals surface area contributed by atoms with Crippen LogP contribution >= 0.6 is 22.6 Å². The van der Waals surface area contributed by atoms with E-state index in [0.717, 1.165) is 22.1 Å². The summed E-state index contributed by atoms with van der Waals surface area (Å²) in [5.74, 6) is -0.144. The quantitative estimate of drug-likeness (QED) is 0.355. The number of hydrogen-bond donors (Lipinski definition) is 1. The minimum atomic E-state index is -0.144. The Morgan fingerprint density at radius 2 is 2.06 bits per heavy atom. The van der Waals surface area contributed by atoms with Gasteiger partial charge in [-0.1, -0.05) is 31.9 Å². The second kappa shape index (κ2) is 8.24. The number of nitrogens with zero attached hydrogens (tertiary/aromatic N) is 1. The van der Waals surface area contributed by atoms with Crippen LogP contribution in [0.1, 0.15) is 49.9 Å². The van der Waals surface area contributed by atoms with Crippen LogP contribution < -0.4 is 5.43 Å². The minimum absolute atomic E-state index is 0.144. The van der Waals surface area contributed by atoms with Crippen molar-refractivity contribution >= 4 is 34.2 Å². The van der Waals surface area contributed by atoms with Crippen molar-refractivity contribution in [2.24, 2.45) is 5.10 Å². The van der Waals surface area contributed by atoms with Gasteiger partial charge in [0.25, 0.3) is 5.91 Å². The molecule has 1 aromatic rings. The Morgan fingerprint density at radius 1 is 1.33 bits per heavy atom. The van der Waals surface area contributed by atoms with E-state index in [-0.39, 0.29) is 5.91 Å². The molecule has 1 N–H and O–H groups in total. The molecule has 0 aromatic heterocycles. The Kier molecular flexibility index (Phi) is 6.93. The lowest BCUT2D eigenvalue weighted by Gasteiger charge is -2.04. The van der Waals surface area contributed by atoms with Crippen LogP contribution in [0.2, 0.25) is 0 Å². The molecule has 0 bridgehead atoms. The first-order valence-electron chi connectivity index (χ1n) is 6.23. The molecular formula is C14H19IN2O. The summed E-state index contributed by atoms with van der Waals surface area (Å²) in [7, 11) is 0. The minimum Gasteiger partial charge on any atom is -0.267 e. The zero-order chi connectivity index (χ0) is 13.4. The molecule has 0 heterocycles. The predicted octanol–water partition coefficient (Wildman–Crippen LogP) is 3.98. The highest BCUT2D eigenvalue weighted by Crippen LogP contribution is 2.11. The number of hydrogen-bond acceptors (Lipinski definition) is 2. The van der Waals surface area contributed by atoms with Gasteiger partial charge in [0.15, 0.2) is 0 Å². The van der Waals surface area contributed by atoms with Crippen LogP contribution in [-0.4, -0.2) is 11.6 Å². The maximum atomic E-state index is 11.9. The monoisotopic (exact) mass is 358 g/mol. The molecule has 0 saturated heterocycles. The second-order valence-electron chi connectivity index (χ2n) is 4.22. The third-order valence-corrected chi connectivity index (χ3v) is 3.55. The molecule has 3 nitrogen and oxygen atoms in total. The van der Waals surface area contributed by atoms with Gasteiger partial charge in [-0.3, -0.25) is 4.79 Å². The number of carbonyl (C=O) groups excluding carboxylic acids is 1. The van der Waals surface area contributed by atoms with Crippen LogP contribution in [-0.2, 0) is 0 Å². The normalized spacial score (nSPS) is 11.4. The van der Waals surface area contributed by atoms with Crippen LogP contribution in [0.5, 0.6) is 0 Å². The number of halogens is 1. The molecule has 1 amide bonds. The van der Waals surface area contributed by atoms with E-state index in [1.165, 1.54) is 12.8 Å². The number of amides is 1. The molecule has 1 aromatic carbocycles. The van der Waals surface area contributed by atoms with Gasteiger partial charge in [-0.2, -0.15) is 5.10 Å². The van der Waals surface area contributed by atoms with Crippen molar-refractivity contribution in [2.75, 3.05) is 0 Å². The van der Waals surface area contributed by atoms with E-state index in [1.807, 2.05) is 25.1 Å². The summed E-state index contributed by atoms with van der Waals surface area (Å²) in [6, 6.07) is 7.49. The molecule has 0 fully saturated rings. The van der Waals surface area contributed by atoms with Gasteiger partial charge in [-0.25, -0.2) is 5.43 Å². The molecular weight excluding hydrogens is 339 g/mol. The first kappa shape index (κ1) is 15.1. The smallest absolute Gasteiger partial charge is 0.267 e. The molecule has 0 aliphatic carbocycles. The van der Waals surface area contributed by atoms with Crippen molar-refractivity contribution < 1.29 is 4.79 Å². The molecule has 0 saturated carbocycles. The zero-order valence-corrected chi connectivity index (χ0v) is 13.0. The van der Waals surface area contributed by atoms with E-state index in [9.17, 15) is 4.79 Å².